The SMILES string of the molecule is O=C(Nc1ccc(OC(F)(F)F)cc1)Nc1cc(C(F)(F)F)ccc1N1CCOCC1. The predicted molar refractivity (Wildman–Crippen MR) is 100 cm³/mol. The van der Waals surface area contributed by atoms with E-state index in [1.165, 1.54) is 6.07 Å². The Morgan fingerprint density at radius 3 is 2.16 bits per heavy atom. The summed E-state index contributed by atoms with van der Waals surface area (Å²) in [5, 5.41) is 4.74. The van der Waals surface area contributed by atoms with Gasteiger partial charge in [-0.2, -0.15) is 13.2 Å². The monoisotopic (exact) mass is 449 g/mol. The molecule has 1 heterocycles. The largest absolute Gasteiger partial charge is 0.573 e. The molecule has 12 heteroatoms. The van der Waals surface area contributed by atoms with Crippen molar-refractivity contribution in [3.8, 4) is 5.75 Å². The van der Waals surface area contributed by atoms with Crippen molar-refractivity contribution in [3.63, 3.8) is 0 Å². The summed E-state index contributed by atoms with van der Waals surface area (Å²) in [6.07, 6.45) is -9.46. The topological polar surface area (TPSA) is 62.8 Å². The average Bonchev–Trinajstić information content (AvgIpc) is 2.68. The van der Waals surface area contributed by atoms with Crippen LogP contribution in [-0.2, 0) is 10.9 Å². The van der Waals surface area contributed by atoms with Crippen LogP contribution in [0.3, 0.4) is 0 Å². The zero-order valence-electron chi connectivity index (χ0n) is 15.8. The molecular formula is C19H17F6N3O3. The van der Waals surface area contributed by atoms with Gasteiger partial charge in [0.25, 0.3) is 0 Å². The quantitative estimate of drug-likeness (QED) is 0.639. The summed E-state index contributed by atoms with van der Waals surface area (Å²) >= 11 is 0. The lowest BCUT2D eigenvalue weighted by atomic mass is 10.1. The number of nitrogens with zero attached hydrogens (tertiary/aromatic N) is 1. The molecular weight excluding hydrogens is 432 g/mol. The number of anilines is 3. The number of carbonyl (C=O) groups is 1. The van der Waals surface area contributed by atoms with E-state index in [9.17, 15) is 31.1 Å². The van der Waals surface area contributed by atoms with Gasteiger partial charge in [0.2, 0.25) is 0 Å². The van der Waals surface area contributed by atoms with E-state index in [1.807, 2.05) is 0 Å². The maximum absolute atomic E-state index is 13.1. The first-order valence-corrected chi connectivity index (χ1v) is 8.99. The summed E-state index contributed by atoms with van der Waals surface area (Å²) < 4.78 is 85.0. The molecule has 1 aliphatic heterocycles. The van der Waals surface area contributed by atoms with Gasteiger partial charge in [0.15, 0.2) is 0 Å². The van der Waals surface area contributed by atoms with Crippen molar-refractivity contribution in [2.45, 2.75) is 12.5 Å². The van der Waals surface area contributed by atoms with Crippen molar-refractivity contribution in [1.82, 2.24) is 0 Å². The van der Waals surface area contributed by atoms with Gasteiger partial charge in [0.1, 0.15) is 5.75 Å². The minimum absolute atomic E-state index is 0.0637. The third-order valence-electron chi connectivity index (χ3n) is 4.27. The second-order valence-corrected chi connectivity index (χ2v) is 6.48. The molecule has 1 saturated heterocycles. The molecule has 0 unspecified atom stereocenters. The van der Waals surface area contributed by atoms with Crippen LogP contribution in [0.4, 0.5) is 48.2 Å². The number of carbonyl (C=O) groups excluding carboxylic acids is 1. The molecule has 0 atom stereocenters. The van der Waals surface area contributed by atoms with Crippen molar-refractivity contribution in [2.75, 3.05) is 41.8 Å². The Balaban J connectivity index is 1.75. The van der Waals surface area contributed by atoms with E-state index in [0.29, 0.717) is 32.0 Å². The maximum Gasteiger partial charge on any atom is 0.573 e. The maximum atomic E-state index is 13.1. The first-order valence-electron chi connectivity index (χ1n) is 8.99. The number of benzene rings is 2. The highest BCUT2D eigenvalue weighted by atomic mass is 19.4. The first-order chi connectivity index (χ1) is 14.5. The highest BCUT2D eigenvalue weighted by Crippen LogP contribution is 2.36. The van der Waals surface area contributed by atoms with Crippen molar-refractivity contribution in [1.29, 1.82) is 0 Å². The van der Waals surface area contributed by atoms with Gasteiger partial charge >= 0.3 is 18.6 Å². The van der Waals surface area contributed by atoms with Crippen molar-refractivity contribution in [3.05, 3.63) is 48.0 Å². The Hall–Kier alpha value is -3.15. The number of hydrogen-bond donors (Lipinski definition) is 2. The summed E-state index contributed by atoms with van der Waals surface area (Å²) in [6.45, 7) is 1.64. The van der Waals surface area contributed by atoms with Crippen LogP contribution in [-0.4, -0.2) is 38.7 Å². The fourth-order valence-corrected chi connectivity index (χ4v) is 2.92. The molecule has 168 valence electrons. The van der Waals surface area contributed by atoms with Gasteiger partial charge in [-0.15, -0.1) is 13.2 Å². The van der Waals surface area contributed by atoms with Crippen LogP contribution >= 0.6 is 0 Å². The molecule has 0 saturated carbocycles. The highest BCUT2D eigenvalue weighted by molar-refractivity contribution is 6.02. The van der Waals surface area contributed by atoms with E-state index < -0.39 is 29.9 Å². The van der Waals surface area contributed by atoms with Gasteiger partial charge in [0.05, 0.1) is 30.2 Å². The lowest BCUT2D eigenvalue weighted by Gasteiger charge is -2.31. The number of alkyl halides is 6. The van der Waals surface area contributed by atoms with Crippen LogP contribution in [0, 0.1) is 0 Å². The van der Waals surface area contributed by atoms with Crippen LogP contribution < -0.4 is 20.3 Å². The second-order valence-electron chi connectivity index (χ2n) is 6.48. The van der Waals surface area contributed by atoms with Crippen LogP contribution in [0.5, 0.6) is 5.75 Å². The van der Waals surface area contributed by atoms with E-state index in [0.717, 1.165) is 36.4 Å². The molecule has 2 N–H and O–H groups in total. The number of rotatable bonds is 4. The molecule has 1 fully saturated rings. The Morgan fingerprint density at radius 2 is 1.58 bits per heavy atom. The number of hydrogen-bond acceptors (Lipinski definition) is 4. The summed E-state index contributed by atoms with van der Waals surface area (Å²) in [4.78, 5) is 14.1. The smallest absolute Gasteiger partial charge is 0.406 e. The minimum atomic E-state index is -4.86. The van der Waals surface area contributed by atoms with Gasteiger partial charge in [-0.05, 0) is 42.5 Å². The van der Waals surface area contributed by atoms with Gasteiger partial charge in [-0.1, -0.05) is 0 Å². The van der Waals surface area contributed by atoms with E-state index in [-0.39, 0.29) is 11.4 Å². The zero-order valence-corrected chi connectivity index (χ0v) is 15.8. The summed E-state index contributed by atoms with van der Waals surface area (Å²) in [5.74, 6) is -0.481. The normalized spacial score (nSPS) is 14.8. The predicted octanol–water partition coefficient (Wildman–Crippen LogP) is 5.08. The van der Waals surface area contributed by atoms with E-state index in [4.69, 9.17) is 4.74 Å². The number of amides is 2. The van der Waals surface area contributed by atoms with Crippen molar-refractivity contribution >= 4 is 23.1 Å². The molecule has 2 amide bonds. The Morgan fingerprint density at radius 1 is 0.935 bits per heavy atom. The number of urea groups is 1. The van der Waals surface area contributed by atoms with Crippen LogP contribution in [0.1, 0.15) is 5.56 Å². The minimum Gasteiger partial charge on any atom is -0.406 e. The molecule has 2 aromatic carbocycles. The third kappa shape index (κ3) is 6.41. The van der Waals surface area contributed by atoms with E-state index in [1.54, 1.807) is 4.90 Å². The van der Waals surface area contributed by atoms with Crippen LogP contribution in [0.25, 0.3) is 0 Å². The molecule has 6 nitrogen and oxygen atoms in total. The van der Waals surface area contributed by atoms with Crippen LogP contribution in [0.15, 0.2) is 42.5 Å². The molecule has 0 bridgehead atoms. The molecule has 0 radical (unpaired) electrons. The van der Waals surface area contributed by atoms with Gasteiger partial charge in [-0.25, -0.2) is 4.79 Å². The average molecular weight is 449 g/mol. The molecule has 1 aliphatic rings. The second kappa shape index (κ2) is 8.92. The van der Waals surface area contributed by atoms with Crippen LogP contribution in [0.2, 0.25) is 0 Å². The number of halogens is 6. The fraction of sp³-hybridized carbons (Fsp3) is 0.316. The van der Waals surface area contributed by atoms with E-state index >= 15 is 0 Å². The number of nitrogens with one attached hydrogen (secondary N) is 2. The molecule has 2 aromatic rings. The summed E-state index contributed by atoms with van der Waals surface area (Å²) in [6, 6.07) is 6.47. The Bertz CT molecular complexity index is 910. The Kier molecular flexibility index (Phi) is 6.48. The zero-order chi connectivity index (χ0) is 22.6. The van der Waals surface area contributed by atoms with Gasteiger partial charge in [-0.3, -0.25) is 0 Å². The standard InChI is InChI=1S/C19H17F6N3O3/c20-18(21,22)12-1-6-16(28-7-9-30-10-8-28)15(11-12)27-17(29)26-13-2-4-14(5-3-13)31-19(23,24)25/h1-6,11H,7-10H2,(H2,26,27,29). The lowest BCUT2D eigenvalue weighted by molar-refractivity contribution is -0.274. The first kappa shape index (κ1) is 22.5. The molecule has 0 aliphatic carbocycles. The van der Waals surface area contributed by atoms with Crippen molar-refractivity contribution in [2.24, 2.45) is 0 Å². The van der Waals surface area contributed by atoms with Gasteiger partial charge < -0.3 is 25.0 Å². The third-order valence-corrected chi connectivity index (χ3v) is 4.27. The molecule has 0 aromatic heterocycles. The van der Waals surface area contributed by atoms with E-state index in [2.05, 4.69) is 15.4 Å². The summed E-state index contributed by atoms with van der Waals surface area (Å²) in [7, 11) is 0. The fourth-order valence-electron chi connectivity index (χ4n) is 2.92. The van der Waals surface area contributed by atoms with Crippen molar-refractivity contribution < 1.29 is 40.6 Å². The molecule has 31 heavy (non-hydrogen) atoms. The molecule has 0 spiro atoms. The molecule has 3 rings (SSSR count). The highest BCUT2D eigenvalue weighted by Gasteiger charge is 2.32. The van der Waals surface area contributed by atoms with Gasteiger partial charge in [0, 0.05) is 18.8 Å². The number of morpholine rings is 1. The number of ether oxygens (including phenoxy) is 2. The Labute approximate surface area is 172 Å². The lowest BCUT2D eigenvalue weighted by Crippen LogP contribution is -2.37. The summed E-state index contributed by atoms with van der Waals surface area (Å²) in [5.41, 5.74) is -0.494.